The second-order valence-corrected chi connectivity index (χ2v) is 5.15. The molecule has 100 valence electrons. The lowest BCUT2D eigenvalue weighted by atomic mass is 10.1. The van der Waals surface area contributed by atoms with E-state index < -0.39 is 11.6 Å². The number of hydrogen-bond donors (Lipinski definition) is 1. The van der Waals surface area contributed by atoms with E-state index in [1.165, 1.54) is 0 Å². The molecule has 5 nitrogen and oxygen atoms in total. The number of rotatable bonds is 4. The minimum absolute atomic E-state index is 0.160. The van der Waals surface area contributed by atoms with Crippen molar-refractivity contribution < 1.29 is 14.4 Å². The first-order valence-electron chi connectivity index (χ1n) is 6.10. The normalized spacial score (nSPS) is 17.5. The van der Waals surface area contributed by atoms with Crippen molar-refractivity contribution in [2.45, 2.75) is 25.8 Å². The van der Waals surface area contributed by atoms with Gasteiger partial charge in [-0.05, 0) is 19.4 Å². The Morgan fingerprint density at radius 1 is 1.21 bits per heavy atom. The smallest absolute Gasteiger partial charge is 0.324 e. The van der Waals surface area contributed by atoms with Gasteiger partial charge in [-0.3, -0.25) is 14.5 Å². The molecule has 0 spiro atoms. The predicted molar refractivity (Wildman–Crippen MR) is 69.5 cm³/mol. The first-order chi connectivity index (χ1) is 8.90. The average molecular weight is 260 g/mol. The molecule has 3 amide bonds. The molecule has 5 heteroatoms. The Labute approximate surface area is 111 Å². The molecule has 0 bridgehead atoms. The molecule has 1 aromatic carbocycles. The summed E-state index contributed by atoms with van der Waals surface area (Å²) in [5.41, 5.74) is -0.0526. The summed E-state index contributed by atoms with van der Waals surface area (Å²) in [5.74, 6) is -0.522. The Morgan fingerprint density at radius 3 is 2.37 bits per heavy atom. The van der Waals surface area contributed by atoms with E-state index in [0.29, 0.717) is 0 Å². The number of imide groups is 1. The summed E-state index contributed by atoms with van der Waals surface area (Å²) in [7, 11) is 0. The van der Waals surface area contributed by atoms with Crippen LogP contribution >= 0.6 is 0 Å². The van der Waals surface area contributed by atoms with Gasteiger partial charge in [-0.15, -0.1) is 0 Å². The molecule has 0 aromatic heterocycles. The van der Waals surface area contributed by atoms with Gasteiger partial charge in [-0.2, -0.15) is 0 Å². The van der Waals surface area contributed by atoms with Crippen LogP contribution in [0.15, 0.2) is 30.3 Å². The molecule has 0 radical (unpaired) electrons. The van der Waals surface area contributed by atoms with Crippen LogP contribution in [0.2, 0.25) is 0 Å². The van der Waals surface area contributed by atoms with Gasteiger partial charge in [-0.1, -0.05) is 30.3 Å². The first-order valence-corrected chi connectivity index (χ1v) is 6.10. The molecule has 0 atom stereocenters. The quantitative estimate of drug-likeness (QED) is 0.825. The molecule has 1 aliphatic heterocycles. The van der Waals surface area contributed by atoms with Crippen LogP contribution in [0.5, 0.6) is 0 Å². The van der Waals surface area contributed by atoms with Crippen molar-refractivity contribution in [3.8, 4) is 0 Å². The molecule has 1 N–H and O–H groups in total. The van der Waals surface area contributed by atoms with Crippen molar-refractivity contribution in [1.29, 1.82) is 0 Å². The van der Waals surface area contributed by atoms with E-state index in [9.17, 15) is 14.4 Å². The number of urea groups is 1. The number of amides is 3. The summed E-state index contributed by atoms with van der Waals surface area (Å²) < 4.78 is 0. The van der Waals surface area contributed by atoms with Crippen LogP contribution in [-0.2, 0) is 16.0 Å². The second-order valence-electron chi connectivity index (χ2n) is 5.15. The van der Waals surface area contributed by atoms with Crippen LogP contribution in [0.3, 0.4) is 0 Å². The van der Waals surface area contributed by atoms with E-state index in [4.69, 9.17) is 0 Å². The van der Waals surface area contributed by atoms with E-state index in [1.54, 1.807) is 13.8 Å². The monoisotopic (exact) mass is 260 g/mol. The van der Waals surface area contributed by atoms with Gasteiger partial charge in [0.1, 0.15) is 5.54 Å². The summed E-state index contributed by atoms with van der Waals surface area (Å²) >= 11 is 0. The molecule has 1 fully saturated rings. The van der Waals surface area contributed by atoms with Gasteiger partial charge in [0.05, 0.1) is 6.54 Å². The average Bonchev–Trinajstić information content (AvgIpc) is 2.53. The zero-order valence-corrected chi connectivity index (χ0v) is 11.0. The number of Topliss-reactive ketones (excluding diaryl/α,β-unsaturated/α-hetero) is 1. The molecule has 0 saturated carbocycles. The summed E-state index contributed by atoms with van der Waals surface area (Å²) in [4.78, 5) is 36.4. The molecule has 0 unspecified atom stereocenters. The van der Waals surface area contributed by atoms with Gasteiger partial charge in [0.15, 0.2) is 5.78 Å². The van der Waals surface area contributed by atoms with Crippen molar-refractivity contribution in [3.05, 3.63) is 35.9 Å². The molecule has 1 saturated heterocycles. The minimum atomic E-state index is -0.926. The fourth-order valence-corrected chi connectivity index (χ4v) is 2.02. The van der Waals surface area contributed by atoms with Crippen LogP contribution in [-0.4, -0.2) is 34.7 Å². The maximum Gasteiger partial charge on any atom is 0.325 e. The molecule has 2 rings (SSSR count). The van der Waals surface area contributed by atoms with E-state index >= 15 is 0 Å². The van der Waals surface area contributed by atoms with Crippen molar-refractivity contribution in [1.82, 2.24) is 10.2 Å². The Bertz CT molecular complexity index is 523. The summed E-state index contributed by atoms with van der Waals surface area (Å²) in [5, 5.41) is 2.55. The van der Waals surface area contributed by atoms with Crippen molar-refractivity contribution in [3.63, 3.8) is 0 Å². The largest absolute Gasteiger partial charge is 0.325 e. The third-order valence-corrected chi connectivity index (χ3v) is 3.02. The number of hydrogen-bond acceptors (Lipinski definition) is 3. The lowest BCUT2D eigenvalue weighted by molar-refractivity contribution is -0.133. The molecule has 1 heterocycles. The van der Waals surface area contributed by atoms with Gasteiger partial charge in [0.25, 0.3) is 5.91 Å². The Kier molecular flexibility index (Phi) is 3.38. The SMILES string of the molecule is CC1(C)NC(=O)N(CC(=O)Cc2ccccc2)C1=O. The van der Waals surface area contributed by atoms with Crippen LogP contribution in [0, 0.1) is 0 Å². The second kappa shape index (κ2) is 4.84. The highest BCUT2D eigenvalue weighted by Gasteiger charge is 2.44. The predicted octanol–water partition coefficient (Wildman–Crippen LogP) is 1.13. The van der Waals surface area contributed by atoms with Gasteiger partial charge in [-0.25, -0.2) is 4.79 Å². The Morgan fingerprint density at radius 2 is 1.84 bits per heavy atom. The standard InChI is InChI=1S/C14H16N2O3/c1-14(2)12(18)16(13(19)15-14)9-11(17)8-10-6-4-3-5-7-10/h3-7H,8-9H2,1-2H3,(H,15,19). The van der Waals surface area contributed by atoms with Crippen molar-refractivity contribution in [2.24, 2.45) is 0 Å². The Balaban J connectivity index is 2.00. The maximum atomic E-state index is 11.9. The van der Waals surface area contributed by atoms with Crippen molar-refractivity contribution in [2.75, 3.05) is 6.54 Å². The van der Waals surface area contributed by atoms with E-state index in [1.807, 2.05) is 30.3 Å². The lowest BCUT2D eigenvalue weighted by Crippen LogP contribution is -2.41. The van der Waals surface area contributed by atoms with Gasteiger partial charge in [0.2, 0.25) is 0 Å². The molecule has 1 aromatic rings. The summed E-state index contributed by atoms with van der Waals surface area (Å²) in [6.45, 7) is 3.06. The number of nitrogens with zero attached hydrogens (tertiary/aromatic N) is 1. The highest BCUT2D eigenvalue weighted by Crippen LogP contribution is 2.16. The van der Waals surface area contributed by atoms with E-state index in [-0.39, 0.29) is 24.7 Å². The Hall–Kier alpha value is -2.17. The summed E-state index contributed by atoms with van der Waals surface area (Å²) in [6, 6.07) is 8.74. The summed E-state index contributed by atoms with van der Waals surface area (Å²) in [6.07, 6.45) is 0.221. The van der Waals surface area contributed by atoms with Gasteiger partial charge >= 0.3 is 6.03 Å². The molecule has 0 aliphatic carbocycles. The maximum absolute atomic E-state index is 11.9. The fourth-order valence-electron chi connectivity index (χ4n) is 2.02. The van der Waals surface area contributed by atoms with Crippen LogP contribution in [0.1, 0.15) is 19.4 Å². The fraction of sp³-hybridized carbons (Fsp3) is 0.357. The minimum Gasteiger partial charge on any atom is -0.324 e. The number of carbonyl (C=O) groups excluding carboxylic acids is 3. The van der Waals surface area contributed by atoms with Crippen LogP contribution < -0.4 is 5.32 Å². The van der Waals surface area contributed by atoms with Crippen molar-refractivity contribution >= 4 is 17.7 Å². The third-order valence-electron chi connectivity index (χ3n) is 3.02. The molecule has 19 heavy (non-hydrogen) atoms. The topological polar surface area (TPSA) is 66.5 Å². The van der Waals surface area contributed by atoms with E-state index in [0.717, 1.165) is 10.5 Å². The number of ketones is 1. The third kappa shape index (κ3) is 2.81. The number of benzene rings is 1. The number of nitrogens with one attached hydrogen (secondary N) is 1. The lowest BCUT2D eigenvalue weighted by Gasteiger charge is -2.15. The molecular weight excluding hydrogens is 244 g/mol. The highest BCUT2D eigenvalue weighted by molar-refractivity contribution is 6.08. The zero-order chi connectivity index (χ0) is 14.0. The van der Waals surface area contributed by atoms with Crippen LogP contribution in [0.25, 0.3) is 0 Å². The highest BCUT2D eigenvalue weighted by atomic mass is 16.2. The van der Waals surface area contributed by atoms with Gasteiger partial charge in [0, 0.05) is 6.42 Å². The number of carbonyl (C=O) groups is 3. The van der Waals surface area contributed by atoms with Gasteiger partial charge < -0.3 is 5.32 Å². The van der Waals surface area contributed by atoms with E-state index in [2.05, 4.69) is 5.32 Å². The molecule has 1 aliphatic rings. The zero-order valence-electron chi connectivity index (χ0n) is 11.0. The van der Waals surface area contributed by atoms with Crippen LogP contribution in [0.4, 0.5) is 4.79 Å². The first kappa shape index (κ1) is 13.3. The molecular formula is C14H16N2O3.